The van der Waals surface area contributed by atoms with Gasteiger partial charge in [0.2, 0.25) is 0 Å². The summed E-state index contributed by atoms with van der Waals surface area (Å²) < 4.78 is 2.20. The predicted molar refractivity (Wildman–Crippen MR) is 42.2 cm³/mol. The molecule has 1 aromatic rings. The first kappa shape index (κ1) is 5.83. The molecule has 2 rings (SSSR count). The number of hydrogen-bond acceptors (Lipinski definition) is 1. The average molecular weight is 136 g/mol. The van der Waals surface area contributed by atoms with E-state index in [1.165, 1.54) is 24.2 Å². The zero-order chi connectivity index (χ0) is 6.97. The van der Waals surface area contributed by atoms with Crippen LogP contribution >= 0.6 is 0 Å². The molecule has 2 nitrogen and oxygen atoms in total. The van der Waals surface area contributed by atoms with Crippen LogP contribution in [0, 0.1) is 0 Å². The molecule has 0 spiro atoms. The summed E-state index contributed by atoms with van der Waals surface area (Å²) in [6, 6.07) is 2.15. The third-order valence-corrected chi connectivity index (χ3v) is 2.11. The Morgan fingerprint density at radius 3 is 3.30 bits per heavy atom. The van der Waals surface area contributed by atoms with Crippen LogP contribution in [-0.2, 0) is 13.5 Å². The molecule has 0 amide bonds. The van der Waals surface area contributed by atoms with Gasteiger partial charge in [-0.1, -0.05) is 0 Å². The summed E-state index contributed by atoms with van der Waals surface area (Å²) in [5.41, 5.74) is 2.78. The Balaban J connectivity index is 2.45. The zero-order valence-corrected chi connectivity index (χ0v) is 6.22. The highest BCUT2D eigenvalue weighted by molar-refractivity contribution is 5.50. The molecule has 0 atom stereocenters. The maximum absolute atomic E-state index is 3.36. The number of nitrogens with one attached hydrogen (secondary N) is 1. The highest BCUT2D eigenvalue weighted by Gasteiger charge is 2.09. The fourth-order valence-corrected chi connectivity index (χ4v) is 1.51. The van der Waals surface area contributed by atoms with Gasteiger partial charge in [0.05, 0.1) is 5.69 Å². The molecule has 10 heavy (non-hydrogen) atoms. The van der Waals surface area contributed by atoms with Crippen molar-refractivity contribution in [3.05, 3.63) is 18.0 Å². The minimum atomic E-state index is 1.14. The Morgan fingerprint density at radius 2 is 2.50 bits per heavy atom. The molecule has 54 valence electrons. The molecule has 1 aromatic heterocycles. The van der Waals surface area contributed by atoms with Crippen molar-refractivity contribution in [2.75, 3.05) is 11.9 Å². The Labute approximate surface area is 60.9 Å². The van der Waals surface area contributed by atoms with Crippen LogP contribution in [0.3, 0.4) is 0 Å². The van der Waals surface area contributed by atoms with E-state index in [1.807, 2.05) is 0 Å². The van der Waals surface area contributed by atoms with Gasteiger partial charge in [0, 0.05) is 25.5 Å². The van der Waals surface area contributed by atoms with Crippen molar-refractivity contribution in [1.82, 2.24) is 4.57 Å². The Bertz CT molecular complexity index is 237. The minimum Gasteiger partial charge on any atom is -0.384 e. The van der Waals surface area contributed by atoms with Crippen molar-refractivity contribution in [2.45, 2.75) is 12.8 Å². The van der Waals surface area contributed by atoms with Gasteiger partial charge < -0.3 is 9.88 Å². The molecular weight excluding hydrogens is 124 g/mol. The number of aryl methyl sites for hydroxylation is 1. The van der Waals surface area contributed by atoms with Crippen LogP contribution < -0.4 is 5.32 Å². The van der Waals surface area contributed by atoms with Gasteiger partial charge in [-0.25, -0.2) is 0 Å². The van der Waals surface area contributed by atoms with Crippen LogP contribution in [0.25, 0.3) is 0 Å². The monoisotopic (exact) mass is 136 g/mol. The van der Waals surface area contributed by atoms with E-state index in [9.17, 15) is 0 Å². The van der Waals surface area contributed by atoms with Crippen molar-refractivity contribution in [1.29, 1.82) is 0 Å². The van der Waals surface area contributed by atoms with E-state index in [-0.39, 0.29) is 0 Å². The maximum Gasteiger partial charge on any atom is 0.0553 e. The molecule has 1 aliphatic rings. The van der Waals surface area contributed by atoms with E-state index in [4.69, 9.17) is 0 Å². The molecule has 0 unspecified atom stereocenters. The summed E-state index contributed by atoms with van der Waals surface area (Å²) in [7, 11) is 2.10. The van der Waals surface area contributed by atoms with Crippen molar-refractivity contribution in [3.63, 3.8) is 0 Å². The lowest BCUT2D eigenvalue weighted by Crippen LogP contribution is -2.12. The van der Waals surface area contributed by atoms with Gasteiger partial charge in [0.15, 0.2) is 0 Å². The Morgan fingerprint density at radius 1 is 1.60 bits per heavy atom. The number of fused-ring (bicyclic) bond motifs is 1. The third-order valence-electron chi connectivity index (χ3n) is 2.11. The van der Waals surface area contributed by atoms with Crippen LogP contribution in [0.5, 0.6) is 0 Å². The smallest absolute Gasteiger partial charge is 0.0553 e. The Kier molecular flexibility index (Phi) is 1.19. The van der Waals surface area contributed by atoms with Crippen molar-refractivity contribution in [3.8, 4) is 0 Å². The molecule has 1 N–H and O–H groups in total. The number of rotatable bonds is 0. The molecule has 0 saturated carbocycles. The standard InChI is InChI=1S/C8H12N2/c1-10-6-4-7-8(10)3-2-5-9-7/h4,6,9H,2-3,5H2,1H3. The fourth-order valence-electron chi connectivity index (χ4n) is 1.51. The summed E-state index contributed by atoms with van der Waals surface area (Å²) in [6.07, 6.45) is 4.61. The highest BCUT2D eigenvalue weighted by Crippen LogP contribution is 2.21. The molecule has 0 aliphatic carbocycles. The van der Waals surface area contributed by atoms with Crippen molar-refractivity contribution in [2.24, 2.45) is 7.05 Å². The second-order valence-electron chi connectivity index (χ2n) is 2.82. The quantitative estimate of drug-likeness (QED) is 0.570. The second kappa shape index (κ2) is 2.04. The molecule has 0 fully saturated rings. The minimum absolute atomic E-state index is 1.14. The number of hydrogen-bond donors (Lipinski definition) is 1. The summed E-state index contributed by atoms with van der Waals surface area (Å²) in [4.78, 5) is 0. The van der Waals surface area contributed by atoms with E-state index in [1.54, 1.807) is 0 Å². The predicted octanol–water partition coefficient (Wildman–Crippen LogP) is 1.38. The van der Waals surface area contributed by atoms with Crippen molar-refractivity contribution >= 4 is 5.69 Å². The lowest BCUT2D eigenvalue weighted by molar-refractivity contribution is 0.746. The molecule has 0 aromatic carbocycles. The van der Waals surface area contributed by atoms with Gasteiger partial charge in [-0.05, 0) is 18.9 Å². The van der Waals surface area contributed by atoms with Crippen LogP contribution in [0.1, 0.15) is 12.1 Å². The first-order valence-corrected chi connectivity index (χ1v) is 3.76. The average Bonchev–Trinajstić information content (AvgIpc) is 2.34. The topological polar surface area (TPSA) is 17.0 Å². The van der Waals surface area contributed by atoms with Gasteiger partial charge in [0.1, 0.15) is 0 Å². The molecule has 2 heterocycles. The number of nitrogens with zero attached hydrogens (tertiary/aromatic N) is 1. The van der Waals surface area contributed by atoms with E-state index in [0.29, 0.717) is 0 Å². The first-order valence-electron chi connectivity index (χ1n) is 3.76. The molecular formula is C8H12N2. The van der Waals surface area contributed by atoms with Crippen LogP contribution in [0.2, 0.25) is 0 Å². The third kappa shape index (κ3) is 0.719. The van der Waals surface area contributed by atoms with E-state index in [2.05, 4.69) is 29.2 Å². The van der Waals surface area contributed by atoms with E-state index in [0.717, 1.165) is 6.54 Å². The van der Waals surface area contributed by atoms with Gasteiger partial charge in [-0.2, -0.15) is 0 Å². The van der Waals surface area contributed by atoms with Crippen molar-refractivity contribution < 1.29 is 0 Å². The lowest BCUT2D eigenvalue weighted by atomic mass is 10.1. The Hall–Kier alpha value is -0.920. The van der Waals surface area contributed by atoms with Gasteiger partial charge in [0.25, 0.3) is 0 Å². The van der Waals surface area contributed by atoms with Crippen LogP contribution in [0.4, 0.5) is 5.69 Å². The lowest BCUT2D eigenvalue weighted by Gasteiger charge is -2.14. The summed E-state index contributed by atoms with van der Waals surface area (Å²) in [6.45, 7) is 1.14. The molecule has 0 saturated heterocycles. The zero-order valence-electron chi connectivity index (χ0n) is 6.22. The molecule has 0 radical (unpaired) electrons. The largest absolute Gasteiger partial charge is 0.384 e. The molecule has 0 bridgehead atoms. The van der Waals surface area contributed by atoms with Gasteiger partial charge >= 0.3 is 0 Å². The first-order chi connectivity index (χ1) is 4.88. The van der Waals surface area contributed by atoms with Gasteiger partial charge in [-0.3, -0.25) is 0 Å². The fraction of sp³-hybridized carbons (Fsp3) is 0.500. The molecule has 1 aliphatic heterocycles. The SMILES string of the molecule is Cn1ccc2c1CCCN2. The van der Waals surface area contributed by atoms with Crippen LogP contribution in [0.15, 0.2) is 12.3 Å². The number of anilines is 1. The summed E-state index contributed by atoms with van der Waals surface area (Å²) in [5, 5.41) is 3.36. The normalized spacial score (nSPS) is 16.1. The second-order valence-corrected chi connectivity index (χ2v) is 2.82. The van der Waals surface area contributed by atoms with E-state index >= 15 is 0 Å². The highest BCUT2D eigenvalue weighted by atomic mass is 15.0. The molecule has 2 heteroatoms. The van der Waals surface area contributed by atoms with E-state index < -0.39 is 0 Å². The van der Waals surface area contributed by atoms with Crippen LogP contribution in [-0.4, -0.2) is 11.1 Å². The van der Waals surface area contributed by atoms with Gasteiger partial charge in [-0.15, -0.1) is 0 Å². The maximum atomic E-state index is 3.36. The number of aromatic nitrogens is 1. The summed E-state index contributed by atoms with van der Waals surface area (Å²) in [5.74, 6) is 0. The summed E-state index contributed by atoms with van der Waals surface area (Å²) >= 11 is 0.